The van der Waals surface area contributed by atoms with Gasteiger partial charge in [0.25, 0.3) is 5.91 Å². The number of fused-ring (bicyclic) bond motifs is 1. The first-order valence-electron chi connectivity index (χ1n) is 12.9. The average Bonchev–Trinajstić information content (AvgIpc) is 3.59. The fourth-order valence-corrected chi connectivity index (χ4v) is 5.35. The van der Waals surface area contributed by atoms with Gasteiger partial charge in [-0.3, -0.25) is 19.6 Å². The smallest absolute Gasteiger partial charge is 0.256 e. The second-order valence-corrected chi connectivity index (χ2v) is 10.1. The van der Waals surface area contributed by atoms with Crippen LogP contribution in [0.4, 0.5) is 11.5 Å². The van der Waals surface area contributed by atoms with Crippen LogP contribution < -0.4 is 10.2 Å². The molecule has 1 atom stereocenters. The number of nitrogens with zero attached hydrogens (tertiary/aromatic N) is 4. The van der Waals surface area contributed by atoms with Crippen molar-refractivity contribution in [1.29, 1.82) is 0 Å². The van der Waals surface area contributed by atoms with Gasteiger partial charge < -0.3 is 15.1 Å². The molecule has 2 N–H and O–H groups in total. The van der Waals surface area contributed by atoms with Gasteiger partial charge in [-0.2, -0.15) is 5.10 Å². The molecule has 2 aromatic carbocycles. The van der Waals surface area contributed by atoms with E-state index >= 15 is 0 Å². The summed E-state index contributed by atoms with van der Waals surface area (Å²) in [5.41, 5.74) is 4.50. The third-order valence-electron chi connectivity index (χ3n) is 7.74. The van der Waals surface area contributed by atoms with Crippen LogP contribution in [0.3, 0.4) is 0 Å². The van der Waals surface area contributed by atoms with E-state index in [0.29, 0.717) is 24.5 Å². The fourth-order valence-electron chi connectivity index (χ4n) is 5.35. The van der Waals surface area contributed by atoms with E-state index in [9.17, 15) is 9.59 Å². The summed E-state index contributed by atoms with van der Waals surface area (Å²) >= 11 is 0. The fraction of sp³-hybridized carbons (Fsp3) is 0.393. The summed E-state index contributed by atoms with van der Waals surface area (Å²) in [7, 11) is 0. The topological polar surface area (TPSA) is 84.6 Å². The molecule has 2 aliphatic heterocycles. The Morgan fingerprint density at radius 1 is 0.972 bits per heavy atom. The Morgan fingerprint density at radius 3 is 2.39 bits per heavy atom. The van der Waals surface area contributed by atoms with Crippen LogP contribution in [0.25, 0.3) is 0 Å². The van der Waals surface area contributed by atoms with Gasteiger partial charge in [-0.05, 0) is 49.6 Å². The Labute approximate surface area is 211 Å². The molecule has 186 valence electrons. The van der Waals surface area contributed by atoms with Crippen LogP contribution in [-0.2, 0) is 17.9 Å². The van der Waals surface area contributed by atoms with Crippen molar-refractivity contribution >= 4 is 23.3 Å². The number of carbonyl (C=O) groups is 2. The van der Waals surface area contributed by atoms with Crippen molar-refractivity contribution in [3.05, 3.63) is 77.0 Å². The SMILES string of the molecule is C[C@@H](C(=O)N1Cc2[nH]nc(NC(=O)c3ccc(N4CCN(C5CC5)CC4)cc3)c2C1)c1ccccc1. The zero-order valence-electron chi connectivity index (χ0n) is 20.6. The minimum atomic E-state index is -0.226. The number of carbonyl (C=O) groups excluding carboxylic acids is 2. The Kier molecular flexibility index (Phi) is 5.97. The van der Waals surface area contributed by atoms with Crippen LogP contribution in [0.5, 0.6) is 0 Å². The Bertz CT molecular complexity index is 1240. The lowest BCUT2D eigenvalue weighted by Gasteiger charge is -2.36. The third kappa shape index (κ3) is 4.48. The van der Waals surface area contributed by atoms with Gasteiger partial charge in [-0.15, -0.1) is 0 Å². The molecule has 1 saturated heterocycles. The van der Waals surface area contributed by atoms with Gasteiger partial charge in [0.2, 0.25) is 5.91 Å². The van der Waals surface area contributed by atoms with E-state index in [1.165, 1.54) is 12.8 Å². The predicted octanol–water partition coefficient (Wildman–Crippen LogP) is 3.59. The molecule has 36 heavy (non-hydrogen) atoms. The number of nitrogens with one attached hydrogen (secondary N) is 2. The molecule has 0 unspecified atom stereocenters. The molecule has 0 bridgehead atoms. The lowest BCUT2D eigenvalue weighted by molar-refractivity contribution is -0.133. The largest absolute Gasteiger partial charge is 0.369 e. The lowest BCUT2D eigenvalue weighted by atomic mass is 10.00. The second kappa shape index (κ2) is 9.43. The number of hydrogen-bond acceptors (Lipinski definition) is 5. The van der Waals surface area contributed by atoms with Gasteiger partial charge in [-0.1, -0.05) is 30.3 Å². The third-order valence-corrected chi connectivity index (χ3v) is 7.74. The molecule has 8 nitrogen and oxygen atoms in total. The zero-order valence-corrected chi connectivity index (χ0v) is 20.6. The Balaban J connectivity index is 1.07. The molecule has 3 heterocycles. The van der Waals surface area contributed by atoms with Crippen LogP contribution in [-0.4, -0.2) is 64.0 Å². The molecule has 0 radical (unpaired) electrons. The van der Waals surface area contributed by atoms with Crippen molar-refractivity contribution in [2.75, 3.05) is 36.4 Å². The van der Waals surface area contributed by atoms with Gasteiger partial charge in [-0.25, -0.2) is 0 Å². The number of anilines is 2. The highest BCUT2D eigenvalue weighted by Gasteiger charge is 2.32. The molecule has 3 aliphatic rings. The van der Waals surface area contributed by atoms with Crippen LogP contribution in [0, 0.1) is 0 Å². The zero-order chi connectivity index (χ0) is 24.6. The first kappa shape index (κ1) is 22.8. The van der Waals surface area contributed by atoms with Crippen molar-refractivity contribution in [2.24, 2.45) is 0 Å². The Hall–Kier alpha value is -3.65. The number of aromatic nitrogens is 2. The van der Waals surface area contributed by atoms with Gasteiger partial charge in [0.05, 0.1) is 24.7 Å². The van der Waals surface area contributed by atoms with Crippen molar-refractivity contribution in [1.82, 2.24) is 20.0 Å². The first-order chi connectivity index (χ1) is 17.6. The average molecular weight is 485 g/mol. The summed E-state index contributed by atoms with van der Waals surface area (Å²) in [5.74, 6) is 0.141. The molecule has 8 heteroatoms. The van der Waals surface area contributed by atoms with Crippen molar-refractivity contribution in [3.8, 4) is 0 Å². The van der Waals surface area contributed by atoms with Gasteiger partial charge in [0, 0.05) is 49.0 Å². The number of aromatic amines is 1. The molecule has 3 aromatic rings. The molecule has 2 fully saturated rings. The second-order valence-electron chi connectivity index (χ2n) is 10.1. The maximum Gasteiger partial charge on any atom is 0.256 e. The number of H-pyrrole nitrogens is 1. The highest BCUT2D eigenvalue weighted by Crippen LogP contribution is 2.31. The summed E-state index contributed by atoms with van der Waals surface area (Å²) < 4.78 is 0. The van der Waals surface area contributed by atoms with E-state index in [0.717, 1.165) is 54.7 Å². The molecule has 6 rings (SSSR count). The number of amides is 2. The van der Waals surface area contributed by atoms with Gasteiger partial charge in [0.1, 0.15) is 0 Å². The van der Waals surface area contributed by atoms with Crippen LogP contribution in [0.2, 0.25) is 0 Å². The number of benzene rings is 2. The predicted molar refractivity (Wildman–Crippen MR) is 139 cm³/mol. The quantitative estimate of drug-likeness (QED) is 0.559. The van der Waals surface area contributed by atoms with Crippen LogP contribution >= 0.6 is 0 Å². The minimum absolute atomic E-state index is 0.0663. The molecular formula is C28H32N6O2. The van der Waals surface area contributed by atoms with Gasteiger partial charge >= 0.3 is 0 Å². The summed E-state index contributed by atoms with van der Waals surface area (Å²) in [6.07, 6.45) is 2.70. The van der Waals surface area contributed by atoms with E-state index in [-0.39, 0.29) is 17.7 Å². The standard InChI is InChI=1S/C28H32N6O2/c1-19(20-5-3-2-4-6-20)28(36)34-17-24-25(18-34)30-31-26(24)29-27(35)21-7-9-22(10-8-21)32-13-15-33(16-14-32)23-11-12-23/h2-10,19,23H,11-18H2,1H3,(H2,29,30,31,35)/t19-/m1/s1. The van der Waals surface area contributed by atoms with E-state index < -0.39 is 0 Å². The molecular weight excluding hydrogens is 452 g/mol. The number of hydrogen-bond donors (Lipinski definition) is 2. The van der Waals surface area contributed by atoms with Crippen LogP contribution in [0.15, 0.2) is 54.6 Å². The molecule has 1 saturated carbocycles. The Morgan fingerprint density at radius 2 is 1.69 bits per heavy atom. The molecule has 2 amide bonds. The first-order valence-corrected chi connectivity index (χ1v) is 12.9. The van der Waals surface area contributed by atoms with E-state index in [4.69, 9.17) is 0 Å². The highest BCUT2D eigenvalue weighted by atomic mass is 16.2. The van der Waals surface area contributed by atoms with E-state index in [2.05, 4.69) is 25.3 Å². The summed E-state index contributed by atoms with van der Waals surface area (Å²) in [6.45, 7) is 7.11. The minimum Gasteiger partial charge on any atom is -0.369 e. The van der Waals surface area contributed by atoms with E-state index in [1.54, 1.807) is 0 Å². The van der Waals surface area contributed by atoms with Gasteiger partial charge in [0.15, 0.2) is 5.82 Å². The van der Waals surface area contributed by atoms with E-state index in [1.807, 2.05) is 66.4 Å². The maximum absolute atomic E-state index is 13.1. The highest BCUT2D eigenvalue weighted by molar-refractivity contribution is 6.04. The van der Waals surface area contributed by atoms with Crippen molar-refractivity contribution < 1.29 is 9.59 Å². The summed E-state index contributed by atoms with van der Waals surface area (Å²) in [5, 5.41) is 10.3. The van der Waals surface area contributed by atoms with Crippen molar-refractivity contribution in [2.45, 2.75) is 44.8 Å². The van der Waals surface area contributed by atoms with Crippen molar-refractivity contribution in [3.63, 3.8) is 0 Å². The molecule has 1 aromatic heterocycles. The maximum atomic E-state index is 13.1. The molecule has 0 spiro atoms. The number of rotatable bonds is 6. The monoisotopic (exact) mass is 484 g/mol. The lowest BCUT2D eigenvalue weighted by Crippen LogP contribution is -2.47. The van der Waals surface area contributed by atoms with Crippen LogP contribution in [0.1, 0.15) is 52.9 Å². The summed E-state index contributed by atoms with van der Waals surface area (Å²) in [4.78, 5) is 32.8. The summed E-state index contributed by atoms with van der Waals surface area (Å²) in [6, 6.07) is 18.4. The number of piperazine rings is 1. The molecule has 1 aliphatic carbocycles. The normalized spacial score (nSPS) is 18.7.